The predicted octanol–water partition coefficient (Wildman–Crippen LogP) is 5.71. The second-order valence-corrected chi connectivity index (χ2v) is 8.50. The van der Waals surface area contributed by atoms with E-state index in [1.807, 2.05) is 13.8 Å². The zero-order valence-corrected chi connectivity index (χ0v) is 19.7. The molecular formula is C25H26F3N3O5. The van der Waals surface area contributed by atoms with Crippen molar-refractivity contribution in [2.45, 2.75) is 45.3 Å². The molecule has 0 radical (unpaired) electrons. The molecule has 0 unspecified atom stereocenters. The van der Waals surface area contributed by atoms with Gasteiger partial charge in [0.1, 0.15) is 6.61 Å². The van der Waals surface area contributed by atoms with Gasteiger partial charge >= 0.3 is 18.2 Å². The van der Waals surface area contributed by atoms with Crippen LogP contribution in [0.15, 0.2) is 52.9 Å². The van der Waals surface area contributed by atoms with Crippen LogP contribution in [0.3, 0.4) is 0 Å². The number of nitrogens with one attached hydrogen (secondary N) is 1. The molecule has 8 nitrogen and oxygen atoms in total. The lowest BCUT2D eigenvalue weighted by Gasteiger charge is -2.23. The van der Waals surface area contributed by atoms with Gasteiger partial charge in [0.2, 0.25) is 0 Å². The molecule has 0 spiro atoms. The van der Waals surface area contributed by atoms with Gasteiger partial charge in [-0.1, -0.05) is 18.9 Å². The van der Waals surface area contributed by atoms with Gasteiger partial charge in [-0.3, -0.25) is 9.59 Å². The second kappa shape index (κ2) is 11.7. The van der Waals surface area contributed by atoms with Gasteiger partial charge in [-0.15, -0.1) is 5.10 Å². The Morgan fingerprint density at radius 2 is 1.69 bits per heavy atom. The quantitative estimate of drug-likeness (QED) is 0.301. The smallest absolute Gasteiger partial charge is 0.416 e. The monoisotopic (exact) mass is 505 g/mol. The van der Waals surface area contributed by atoms with Crippen molar-refractivity contribution in [3.05, 3.63) is 59.7 Å². The molecule has 1 atom stereocenters. The Balaban J connectivity index is 1.56. The fourth-order valence-corrected chi connectivity index (χ4v) is 3.26. The molecule has 36 heavy (non-hydrogen) atoms. The van der Waals surface area contributed by atoms with Gasteiger partial charge in [0.15, 0.2) is 5.78 Å². The Labute approximate surface area is 205 Å². The number of rotatable bonds is 12. The van der Waals surface area contributed by atoms with Crippen molar-refractivity contribution in [2.24, 2.45) is 5.92 Å². The second-order valence-electron chi connectivity index (χ2n) is 8.50. The number of aliphatic carboxylic acids is 1. The van der Waals surface area contributed by atoms with Crippen LogP contribution in [-0.4, -0.2) is 39.7 Å². The molecule has 3 rings (SSSR count). The minimum absolute atomic E-state index is 0.0383. The first-order valence-electron chi connectivity index (χ1n) is 11.3. The van der Waals surface area contributed by atoms with Gasteiger partial charge in [-0.2, -0.15) is 13.2 Å². The SMILES string of the molecule is CC(C)[C@@H](COc1nnc(-c2ccc(C(F)(F)F)cc2)o1)Nc1ccc(C(=O)CCCC(=O)O)cc1. The summed E-state index contributed by atoms with van der Waals surface area (Å²) in [5.74, 6) is -0.872. The Morgan fingerprint density at radius 3 is 2.28 bits per heavy atom. The number of carbonyl (C=O) groups excluding carboxylic acids is 1. The van der Waals surface area contributed by atoms with Crippen LogP contribution >= 0.6 is 0 Å². The molecule has 0 amide bonds. The number of ether oxygens (including phenoxy) is 1. The van der Waals surface area contributed by atoms with Gasteiger partial charge in [0.25, 0.3) is 5.89 Å². The van der Waals surface area contributed by atoms with E-state index in [1.54, 1.807) is 24.3 Å². The van der Waals surface area contributed by atoms with Crippen LogP contribution in [0.25, 0.3) is 11.5 Å². The molecule has 11 heteroatoms. The minimum atomic E-state index is -4.43. The lowest BCUT2D eigenvalue weighted by Crippen LogP contribution is -2.32. The number of benzene rings is 2. The third-order valence-corrected chi connectivity index (χ3v) is 5.41. The number of hydrogen-bond donors (Lipinski definition) is 2. The molecule has 3 aromatic rings. The molecule has 0 aliphatic rings. The molecular weight excluding hydrogens is 479 g/mol. The van der Waals surface area contributed by atoms with Gasteiger partial charge in [-0.25, -0.2) is 0 Å². The van der Waals surface area contributed by atoms with E-state index in [4.69, 9.17) is 14.3 Å². The van der Waals surface area contributed by atoms with E-state index in [0.717, 1.165) is 17.8 Å². The number of aromatic nitrogens is 2. The number of nitrogens with zero attached hydrogens (tertiary/aromatic N) is 2. The van der Waals surface area contributed by atoms with E-state index >= 15 is 0 Å². The lowest BCUT2D eigenvalue weighted by molar-refractivity contribution is -0.138. The number of ketones is 1. The normalized spacial score (nSPS) is 12.4. The Bertz CT molecular complexity index is 1160. The van der Waals surface area contributed by atoms with Gasteiger partial charge in [0.05, 0.1) is 11.6 Å². The molecule has 2 N–H and O–H groups in total. The fourth-order valence-electron chi connectivity index (χ4n) is 3.26. The summed E-state index contributed by atoms with van der Waals surface area (Å²) < 4.78 is 49.3. The molecule has 1 aromatic heterocycles. The number of Topliss-reactive ketones (excluding diaryl/α,β-unsaturated/α-hetero) is 1. The van der Waals surface area contributed by atoms with Crippen LogP contribution in [-0.2, 0) is 11.0 Å². The maximum atomic E-state index is 12.7. The van der Waals surface area contributed by atoms with Crippen LogP contribution in [0.1, 0.15) is 49.0 Å². The number of halogens is 3. The van der Waals surface area contributed by atoms with Crippen molar-refractivity contribution in [2.75, 3.05) is 11.9 Å². The Kier molecular flexibility index (Phi) is 8.68. The summed E-state index contributed by atoms with van der Waals surface area (Å²) in [4.78, 5) is 22.8. The number of carbonyl (C=O) groups is 2. The highest BCUT2D eigenvalue weighted by atomic mass is 19.4. The number of carboxylic acid groups (broad SMARTS) is 1. The summed E-state index contributed by atoms with van der Waals surface area (Å²) >= 11 is 0. The zero-order valence-electron chi connectivity index (χ0n) is 19.7. The van der Waals surface area contributed by atoms with E-state index < -0.39 is 17.7 Å². The molecule has 0 saturated carbocycles. The Morgan fingerprint density at radius 1 is 1.03 bits per heavy atom. The first-order valence-corrected chi connectivity index (χ1v) is 11.3. The molecule has 0 bridgehead atoms. The van der Waals surface area contributed by atoms with Crippen LogP contribution in [0.5, 0.6) is 6.08 Å². The fraction of sp³-hybridized carbons (Fsp3) is 0.360. The van der Waals surface area contributed by atoms with Crippen molar-refractivity contribution in [3.63, 3.8) is 0 Å². The number of hydrogen-bond acceptors (Lipinski definition) is 7. The predicted molar refractivity (Wildman–Crippen MR) is 125 cm³/mol. The highest BCUT2D eigenvalue weighted by Gasteiger charge is 2.30. The lowest BCUT2D eigenvalue weighted by atomic mass is 10.0. The van der Waals surface area contributed by atoms with Crippen molar-refractivity contribution in [3.8, 4) is 17.5 Å². The first-order chi connectivity index (χ1) is 17.0. The van der Waals surface area contributed by atoms with Crippen molar-refractivity contribution >= 4 is 17.4 Å². The largest absolute Gasteiger partial charge is 0.481 e. The number of anilines is 1. The Hall–Kier alpha value is -3.89. The third-order valence-electron chi connectivity index (χ3n) is 5.41. The summed E-state index contributed by atoms with van der Waals surface area (Å²) in [5.41, 5.74) is 0.824. The first kappa shape index (κ1) is 26.7. The van der Waals surface area contributed by atoms with Crippen molar-refractivity contribution in [1.82, 2.24) is 10.2 Å². The topological polar surface area (TPSA) is 115 Å². The molecule has 0 aliphatic heterocycles. The van der Waals surface area contributed by atoms with Gasteiger partial charge in [0, 0.05) is 29.7 Å². The maximum Gasteiger partial charge on any atom is 0.416 e. The third kappa shape index (κ3) is 7.56. The van der Waals surface area contributed by atoms with E-state index in [-0.39, 0.29) is 55.6 Å². The van der Waals surface area contributed by atoms with E-state index in [2.05, 4.69) is 15.5 Å². The molecule has 0 aliphatic carbocycles. The van der Waals surface area contributed by atoms with E-state index in [0.29, 0.717) is 11.1 Å². The maximum absolute atomic E-state index is 12.7. The molecule has 192 valence electrons. The van der Waals surface area contributed by atoms with Crippen molar-refractivity contribution < 1.29 is 37.0 Å². The van der Waals surface area contributed by atoms with Gasteiger partial charge in [-0.05, 0) is 60.9 Å². The molecule has 2 aromatic carbocycles. The number of carboxylic acids is 1. The summed E-state index contributed by atoms with van der Waals surface area (Å²) in [7, 11) is 0. The standard InChI is InChI=1S/C25H26F3N3O5/c1-15(2)20(29-19-12-8-16(9-13-19)21(32)4-3-5-22(33)34)14-35-24-31-30-23(36-24)17-6-10-18(11-7-17)25(26,27)28/h6-13,15,20,29H,3-5,14H2,1-2H3,(H,33,34)/t20-/m1/s1. The molecule has 0 saturated heterocycles. The summed E-state index contributed by atoms with van der Waals surface area (Å²) in [6.07, 6.45) is -4.14. The average molecular weight is 505 g/mol. The van der Waals surface area contributed by atoms with E-state index in [9.17, 15) is 22.8 Å². The highest BCUT2D eigenvalue weighted by molar-refractivity contribution is 5.96. The minimum Gasteiger partial charge on any atom is -0.481 e. The van der Waals surface area contributed by atoms with Crippen molar-refractivity contribution in [1.29, 1.82) is 0 Å². The number of alkyl halides is 3. The van der Waals surface area contributed by atoms with Crippen LogP contribution in [0, 0.1) is 5.92 Å². The van der Waals surface area contributed by atoms with Crippen LogP contribution in [0.4, 0.5) is 18.9 Å². The van der Waals surface area contributed by atoms with E-state index in [1.165, 1.54) is 12.1 Å². The zero-order chi connectivity index (χ0) is 26.3. The summed E-state index contributed by atoms with van der Waals surface area (Å²) in [6.45, 7) is 4.15. The summed E-state index contributed by atoms with van der Waals surface area (Å²) in [6, 6.07) is 11.1. The molecule has 0 fully saturated rings. The summed E-state index contributed by atoms with van der Waals surface area (Å²) in [5, 5.41) is 19.6. The molecule has 1 heterocycles. The van der Waals surface area contributed by atoms with Crippen LogP contribution < -0.4 is 10.1 Å². The average Bonchev–Trinajstić information content (AvgIpc) is 3.30. The highest BCUT2D eigenvalue weighted by Crippen LogP contribution is 2.31. The van der Waals surface area contributed by atoms with Crippen LogP contribution in [0.2, 0.25) is 0 Å². The van der Waals surface area contributed by atoms with Gasteiger partial charge < -0.3 is 19.6 Å².